The van der Waals surface area contributed by atoms with E-state index in [-0.39, 0.29) is 64.0 Å². The average Bonchev–Trinajstić information content (AvgIpc) is 3.51. The van der Waals surface area contributed by atoms with Crippen LogP contribution in [-0.4, -0.2) is 25.3 Å². The first-order valence-corrected chi connectivity index (χ1v) is 13.5. The van der Waals surface area contributed by atoms with Crippen LogP contribution in [0, 0.1) is 0 Å². The minimum absolute atomic E-state index is 0. The van der Waals surface area contributed by atoms with Crippen LogP contribution in [0.25, 0.3) is 28.2 Å². The van der Waals surface area contributed by atoms with Crippen LogP contribution in [0.3, 0.4) is 0 Å². The van der Waals surface area contributed by atoms with Crippen molar-refractivity contribution >= 4 is 0 Å². The second-order valence-electron chi connectivity index (χ2n) is 10.8. The molecule has 3 aromatic carbocycles. The molecule has 0 unspecified atom stereocenters. The molecule has 5 aromatic rings. The Balaban J connectivity index is 0.00000202. The third kappa shape index (κ3) is 6.10. The Morgan fingerprint density at radius 1 is 1.02 bits per heavy atom. The molecular formula is C32H31KN4O4. The summed E-state index contributed by atoms with van der Waals surface area (Å²) >= 11 is 0. The minimum Gasteiger partial charge on any atom is -1.00 e. The fraction of sp³-hybridized carbons (Fsp3) is 0.250. The first kappa shape index (κ1) is 29.4. The van der Waals surface area contributed by atoms with Crippen LogP contribution in [0.5, 0.6) is 5.75 Å². The summed E-state index contributed by atoms with van der Waals surface area (Å²) < 4.78 is 12.4. The zero-order chi connectivity index (χ0) is 27.9. The standard InChI is InChI=1S/C32H30N4O4.K.H/c1-4-7-27-26(30(37)36(19-33-27)23-14-15-28-22(17-23)18-32(2,3)39-28)16-20-10-12-21(13-11-20)24-8-5-6-9-25(24)29-34-31(38)40-35-29;;/h5-6,8-15,17,19H,4,7,16,18H2,1-3H3,(H,34,35,38);;/q;+1;-1. The van der Waals surface area contributed by atoms with Crippen molar-refractivity contribution < 1.29 is 62.1 Å². The SMILES string of the molecule is CCCc1ncn(-c2ccc3c(c2)CC(C)(C)O3)c(=O)c1Cc1ccc(-c2ccccc2-c2noc(=O)[nH]2)cc1.[H-].[K+]. The number of hydrogen-bond acceptors (Lipinski definition) is 6. The van der Waals surface area contributed by atoms with Crippen molar-refractivity contribution in [1.82, 2.24) is 19.7 Å². The zero-order valence-corrected chi connectivity index (χ0v) is 26.9. The van der Waals surface area contributed by atoms with Gasteiger partial charge in [-0.15, -0.1) is 0 Å². The molecule has 0 aliphatic carbocycles. The van der Waals surface area contributed by atoms with E-state index in [1.165, 1.54) is 0 Å². The fourth-order valence-electron chi connectivity index (χ4n) is 5.38. The maximum Gasteiger partial charge on any atom is 1.00 e. The van der Waals surface area contributed by atoms with Crippen LogP contribution in [0.15, 0.2) is 87.2 Å². The van der Waals surface area contributed by atoms with Crippen molar-refractivity contribution in [2.24, 2.45) is 0 Å². The van der Waals surface area contributed by atoms with Crippen molar-refractivity contribution in [2.75, 3.05) is 0 Å². The molecule has 0 amide bonds. The first-order chi connectivity index (χ1) is 19.3. The summed E-state index contributed by atoms with van der Waals surface area (Å²) in [6.07, 6.45) is 4.55. The third-order valence-corrected chi connectivity index (χ3v) is 7.23. The number of aromatic amines is 1. The first-order valence-electron chi connectivity index (χ1n) is 13.5. The number of H-pyrrole nitrogens is 1. The van der Waals surface area contributed by atoms with Gasteiger partial charge in [0.15, 0.2) is 5.82 Å². The molecule has 0 atom stereocenters. The van der Waals surface area contributed by atoms with E-state index in [4.69, 9.17) is 14.2 Å². The minimum atomic E-state index is -0.595. The summed E-state index contributed by atoms with van der Waals surface area (Å²) in [4.78, 5) is 32.7. The summed E-state index contributed by atoms with van der Waals surface area (Å²) in [6.45, 7) is 6.22. The van der Waals surface area contributed by atoms with E-state index in [0.29, 0.717) is 17.8 Å². The number of nitrogens with zero attached hydrogens (tertiary/aromatic N) is 3. The Bertz CT molecular complexity index is 1830. The van der Waals surface area contributed by atoms with E-state index in [0.717, 1.165) is 64.2 Å². The van der Waals surface area contributed by atoms with Crippen molar-refractivity contribution in [3.05, 3.63) is 116 Å². The second-order valence-corrected chi connectivity index (χ2v) is 10.8. The summed E-state index contributed by atoms with van der Waals surface area (Å²) in [7, 11) is 0. The molecule has 0 radical (unpaired) electrons. The number of aryl methyl sites for hydroxylation is 1. The Hall–Kier alpha value is -3.08. The maximum atomic E-state index is 13.8. The third-order valence-electron chi connectivity index (χ3n) is 7.23. The smallest absolute Gasteiger partial charge is 1.00 e. The van der Waals surface area contributed by atoms with Gasteiger partial charge in [-0.1, -0.05) is 67.0 Å². The Morgan fingerprint density at radius 2 is 1.78 bits per heavy atom. The maximum absolute atomic E-state index is 13.8. The molecule has 1 aliphatic heterocycles. The van der Waals surface area contributed by atoms with Crippen LogP contribution >= 0.6 is 0 Å². The molecule has 204 valence electrons. The van der Waals surface area contributed by atoms with Gasteiger partial charge in [0, 0.05) is 29.5 Å². The van der Waals surface area contributed by atoms with Crippen LogP contribution in [0.4, 0.5) is 0 Å². The van der Waals surface area contributed by atoms with Gasteiger partial charge in [-0.25, -0.2) is 9.78 Å². The topological polar surface area (TPSA) is 103 Å². The van der Waals surface area contributed by atoms with Crippen LogP contribution < -0.4 is 67.4 Å². The van der Waals surface area contributed by atoms with E-state index >= 15 is 0 Å². The van der Waals surface area contributed by atoms with Crippen LogP contribution in [-0.2, 0) is 19.3 Å². The molecule has 1 aliphatic rings. The molecule has 0 saturated heterocycles. The van der Waals surface area contributed by atoms with Gasteiger partial charge >= 0.3 is 57.1 Å². The van der Waals surface area contributed by atoms with Gasteiger partial charge in [-0.05, 0) is 55.2 Å². The number of nitrogens with one attached hydrogen (secondary N) is 1. The molecule has 1 N–H and O–H groups in total. The second kappa shape index (κ2) is 12.0. The van der Waals surface area contributed by atoms with Crippen molar-refractivity contribution in [1.29, 1.82) is 0 Å². The average molecular weight is 575 g/mol. The van der Waals surface area contributed by atoms with E-state index in [2.05, 4.69) is 30.9 Å². The predicted octanol–water partition coefficient (Wildman–Crippen LogP) is 2.62. The molecule has 41 heavy (non-hydrogen) atoms. The number of fused-ring (bicyclic) bond motifs is 1. The number of rotatable bonds is 7. The summed E-state index contributed by atoms with van der Waals surface area (Å²) in [5.41, 5.74) is 6.77. The monoisotopic (exact) mass is 574 g/mol. The van der Waals surface area contributed by atoms with Crippen LogP contribution in [0.1, 0.15) is 51.0 Å². The molecule has 0 fully saturated rings. The normalized spacial score (nSPS) is 13.3. The molecule has 3 heterocycles. The number of ether oxygens (including phenoxy) is 1. The van der Waals surface area contributed by atoms with Crippen molar-refractivity contribution in [2.45, 2.75) is 52.1 Å². The van der Waals surface area contributed by atoms with Crippen molar-refractivity contribution in [3.63, 3.8) is 0 Å². The fourth-order valence-corrected chi connectivity index (χ4v) is 5.38. The van der Waals surface area contributed by atoms with Gasteiger partial charge in [-0.2, -0.15) is 0 Å². The number of hydrogen-bond donors (Lipinski definition) is 1. The van der Waals surface area contributed by atoms with Gasteiger partial charge in [0.1, 0.15) is 17.7 Å². The Morgan fingerprint density at radius 3 is 2.49 bits per heavy atom. The van der Waals surface area contributed by atoms with E-state index in [1.807, 2.05) is 66.7 Å². The van der Waals surface area contributed by atoms with Gasteiger partial charge < -0.3 is 6.16 Å². The zero-order valence-electron chi connectivity index (χ0n) is 24.7. The Labute approximate surface area is 281 Å². The molecule has 0 bridgehead atoms. The van der Waals surface area contributed by atoms with Crippen molar-refractivity contribution in [3.8, 4) is 34.0 Å². The van der Waals surface area contributed by atoms with Gasteiger partial charge in [0.25, 0.3) is 5.56 Å². The van der Waals surface area contributed by atoms with E-state index in [1.54, 1.807) is 10.9 Å². The Kier molecular flexibility index (Phi) is 8.63. The van der Waals surface area contributed by atoms with Gasteiger partial charge in [0.2, 0.25) is 0 Å². The van der Waals surface area contributed by atoms with Crippen LogP contribution in [0.2, 0.25) is 0 Å². The molecule has 6 rings (SSSR count). The van der Waals surface area contributed by atoms with E-state index in [9.17, 15) is 9.59 Å². The number of benzene rings is 3. The summed E-state index contributed by atoms with van der Waals surface area (Å²) in [5.74, 6) is 0.655. The molecule has 0 saturated carbocycles. The molecular weight excluding hydrogens is 543 g/mol. The largest absolute Gasteiger partial charge is 1.00 e. The number of aromatic nitrogens is 4. The van der Waals surface area contributed by atoms with Gasteiger partial charge in [-0.3, -0.25) is 18.9 Å². The summed E-state index contributed by atoms with van der Waals surface area (Å²) in [5, 5.41) is 3.85. The summed E-state index contributed by atoms with van der Waals surface area (Å²) in [6, 6.07) is 21.7. The molecule has 9 heteroatoms. The molecule has 8 nitrogen and oxygen atoms in total. The quantitative estimate of drug-likeness (QED) is 0.300. The van der Waals surface area contributed by atoms with Gasteiger partial charge in [0.05, 0.1) is 11.4 Å². The molecule has 2 aromatic heterocycles. The predicted molar refractivity (Wildman–Crippen MR) is 154 cm³/mol. The molecule has 0 spiro atoms. The van der Waals surface area contributed by atoms with E-state index < -0.39 is 5.76 Å².